The first kappa shape index (κ1) is 13.8. The Balaban J connectivity index is 0.00000128. The van der Waals surface area contributed by atoms with Crippen molar-refractivity contribution in [1.29, 1.82) is 0 Å². The topological polar surface area (TPSA) is 46.2 Å². The molecule has 1 atom stereocenters. The third kappa shape index (κ3) is 2.90. The van der Waals surface area contributed by atoms with Gasteiger partial charge in [-0.2, -0.15) is 0 Å². The fraction of sp³-hybridized carbons (Fsp3) is 0.500. The molecule has 16 heavy (non-hydrogen) atoms. The summed E-state index contributed by atoms with van der Waals surface area (Å²) in [5.74, 6) is 0.850. The maximum atomic E-state index is 9.76. The highest BCUT2D eigenvalue weighted by atomic mass is 79.9. The molecule has 0 aromatic heterocycles. The van der Waals surface area contributed by atoms with E-state index in [0.29, 0.717) is 11.7 Å². The third-order valence-corrected chi connectivity index (χ3v) is 3.75. The van der Waals surface area contributed by atoms with Crippen molar-refractivity contribution in [1.82, 2.24) is 0 Å². The molecule has 0 unspecified atom stereocenters. The molecule has 2 nitrogen and oxygen atoms in total. The number of phenols is 1. The van der Waals surface area contributed by atoms with Crippen LogP contribution in [0.1, 0.15) is 37.3 Å². The molecule has 0 saturated heterocycles. The van der Waals surface area contributed by atoms with E-state index in [0.717, 1.165) is 10.0 Å². The van der Waals surface area contributed by atoms with Crippen molar-refractivity contribution >= 4 is 28.3 Å². The Morgan fingerprint density at radius 3 is 2.56 bits per heavy atom. The normalized spacial score (nSPS) is 18.1. The number of aromatic hydroxyl groups is 1. The lowest BCUT2D eigenvalue weighted by atomic mass is 9.92. The van der Waals surface area contributed by atoms with E-state index in [1.807, 2.05) is 12.1 Å². The van der Waals surface area contributed by atoms with Crippen LogP contribution < -0.4 is 5.73 Å². The van der Waals surface area contributed by atoms with Crippen LogP contribution in [0.4, 0.5) is 0 Å². The number of halogens is 2. The molecule has 90 valence electrons. The minimum Gasteiger partial charge on any atom is -0.508 e. The molecule has 1 aliphatic carbocycles. The molecule has 0 radical (unpaired) electrons. The molecule has 1 aromatic rings. The SMILES string of the molecule is Cl.N[C@H](c1cc(Br)ccc1O)C1CCCC1. The molecule has 0 spiro atoms. The molecule has 0 bridgehead atoms. The van der Waals surface area contributed by atoms with Crippen molar-refractivity contribution in [3.63, 3.8) is 0 Å². The molecule has 2 rings (SSSR count). The van der Waals surface area contributed by atoms with Crippen LogP contribution in [0.5, 0.6) is 5.75 Å². The van der Waals surface area contributed by atoms with Gasteiger partial charge in [0.15, 0.2) is 0 Å². The van der Waals surface area contributed by atoms with Gasteiger partial charge in [-0.3, -0.25) is 0 Å². The number of rotatable bonds is 2. The second-order valence-corrected chi connectivity index (χ2v) is 5.19. The molecule has 4 heteroatoms. The largest absolute Gasteiger partial charge is 0.508 e. The first-order valence-corrected chi connectivity index (χ1v) is 6.22. The van der Waals surface area contributed by atoms with Crippen molar-refractivity contribution < 1.29 is 5.11 Å². The van der Waals surface area contributed by atoms with Crippen molar-refractivity contribution in [2.24, 2.45) is 11.7 Å². The molecular formula is C12H17BrClNO. The molecule has 1 aromatic carbocycles. The van der Waals surface area contributed by atoms with Gasteiger partial charge < -0.3 is 10.8 Å². The number of nitrogens with two attached hydrogens (primary N) is 1. The van der Waals surface area contributed by atoms with Gasteiger partial charge in [-0.05, 0) is 37.0 Å². The van der Waals surface area contributed by atoms with Crippen molar-refractivity contribution in [3.8, 4) is 5.75 Å². The van der Waals surface area contributed by atoms with E-state index in [-0.39, 0.29) is 18.4 Å². The van der Waals surface area contributed by atoms with E-state index in [1.54, 1.807) is 6.07 Å². The number of hydrogen-bond acceptors (Lipinski definition) is 2. The van der Waals surface area contributed by atoms with Crippen LogP contribution in [0.2, 0.25) is 0 Å². The lowest BCUT2D eigenvalue weighted by Crippen LogP contribution is -2.19. The Labute approximate surface area is 111 Å². The summed E-state index contributed by atoms with van der Waals surface area (Å²) in [6, 6.07) is 5.44. The zero-order valence-corrected chi connectivity index (χ0v) is 11.4. The Morgan fingerprint density at radius 2 is 1.94 bits per heavy atom. The van der Waals surface area contributed by atoms with Crippen molar-refractivity contribution in [2.45, 2.75) is 31.7 Å². The van der Waals surface area contributed by atoms with Gasteiger partial charge in [0.1, 0.15) is 5.75 Å². The quantitative estimate of drug-likeness (QED) is 0.874. The van der Waals surface area contributed by atoms with Crippen LogP contribution in [0.3, 0.4) is 0 Å². The average molecular weight is 307 g/mol. The first-order valence-electron chi connectivity index (χ1n) is 5.42. The van der Waals surface area contributed by atoms with Crippen molar-refractivity contribution in [3.05, 3.63) is 28.2 Å². The molecule has 1 aliphatic rings. The average Bonchev–Trinajstić information content (AvgIpc) is 2.74. The highest BCUT2D eigenvalue weighted by Gasteiger charge is 2.25. The highest BCUT2D eigenvalue weighted by molar-refractivity contribution is 9.10. The lowest BCUT2D eigenvalue weighted by molar-refractivity contribution is 0.412. The fourth-order valence-corrected chi connectivity index (χ4v) is 2.74. The van der Waals surface area contributed by atoms with Crippen LogP contribution in [0, 0.1) is 5.92 Å². The molecular weight excluding hydrogens is 289 g/mol. The number of hydrogen-bond donors (Lipinski definition) is 2. The predicted molar refractivity (Wildman–Crippen MR) is 71.9 cm³/mol. The van der Waals surface area contributed by atoms with E-state index >= 15 is 0 Å². The zero-order valence-electron chi connectivity index (χ0n) is 9.03. The summed E-state index contributed by atoms with van der Waals surface area (Å²) in [7, 11) is 0. The van der Waals surface area contributed by atoms with Gasteiger partial charge in [-0.1, -0.05) is 28.8 Å². The summed E-state index contributed by atoms with van der Waals surface area (Å²) in [4.78, 5) is 0. The predicted octanol–water partition coefficient (Wildman–Crippen LogP) is 3.77. The summed E-state index contributed by atoms with van der Waals surface area (Å²) < 4.78 is 0.976. The van der Waals surface area contributed by atoms with Gasteiger partial charge in [0.2, 0.25) is 0 Å². The molecule has 0 amide bonds. The summed E-state index contributed by atoms with van der Waals surface area (Å²) in [6.45, 7) is 0. The monoisotopic (exact) mass is 305 g/mol. The minimum atomic E-state index is -0.0231. The van der Waals surface area contributed by atoms with Gasteiger partial charge >= 0.3 is 0 Å². The number of benzene rings is 1. The van der Waals surface area contributed by atoms with Crippen LogP contribution in [-0.2, 0) is 0 Å². The highest BCUT2D eigenvalue weighted by Crippen LogP contribution is 2.37. The smallest absolute Gasteiger partial charge is 0.120 e. The van der Waals surface area contributed by atoms with Gasteiger partial charge in [0, 0.05) is 16.1 Å². The molecule has 0 aliphatic heterocycles. The second-order valence-electron chi connectivity index (χ2n) is 4.27. The Bertz CT molecular complexity index is 353. The van der Waals surface area contributed by atoms with Crippen LogP contribution in [-0.4, -0.2) is 5.11 Å². The van der Waals surface area contributed by atoms with Gasteiger partial charge in [-0.25, -0.2) is 0 Å². The van der Waals surface area contributed by atoms with Gasteiger partial charge in [-0.15, -0.1) is 12.4 Å². The Kier molecular flexibility index (Phi) is 5.09. The van der Waals surface area contributed by atoms with E-state index in [9.17, 15) is 5.11 Å². The molecule has 1 saturated carbocycles. The van der Waals surface area contributed by atoms with Crippen LogP contribution in [0.15, 0.2) is 22.7 Å². The minimum absolute atomic E-state index is 0. The maximum Gasteiger partial charge on any atom is 0.120 e. The van der Waals surface area contributed by atoms with E-state index in [1.165, 1.54) is 25.7 Å². The second kappa shape index (κ2) is 5.89. The third-order valence-electron chi connectivity index (χ3n) is 3.26. The summed E-state index contributed by atoms with van der Waals surface area (Å²) >= 11 is 3.41. The van der Waals surface area contributed by atoms with Gasteiger partial charge in [0.05, 0.1) is 0 Å². The molecule has 0 heterocycles. The van der Waals surface area contributed by atoms with E-state index in [4.69, 9.17) is 5.73 Å². The first-order chi connectivity index (χ1) is 7.18. The standard InChI is InChI=1S/C12H16BrNO.ClH/c13-9-5-6-11(15)10(7-9)12(14)8-3-1-2-4-8;/h5-8,12,15H,1-4,14H2;1H/t12-;/m0./s1. The number of phenolic OH excluding ortho intramolecular Hbond substituents is 1. The Hall–Kier alpha value is -0.250. The van der Waals surface area contributed by atoms with Crippen LogP contribution in [0.25, 0.3) is 0 Å². The zero-order chi connectivity index (χ0) is 10.8. The van der Waals surface area contributed by atoms with Gasteiger partial charge in [0.25, 0.3) is 0 Å². The Morgan fingerprint density at radius 1 is 1.31 bits per heavy atom. The fourth-order valence-electron chi connectivity index (χ4n) is 2.36. The molecule has 3 N–H and O–H groups in total. The lowest BCUT2D eigenvalue weighted by Gasteiger charge is -2.20. The van der Waals surface area contributed by atoms with E-state index < -0.39 is 0 Å². The van der Waals surface area contributed by atoms with Crippen LogP contribution >= 0.6 is 28.3 Å². The van der Waals surface area contributed by atoms with E-state index in [2.05, 4.69) is 15.9 Å². The maximum absolute atomic E-state index is 9.76. The summed E-state index contributed by atoms with van der Waals surface area (Å²) in [5.41, 5.74) is 7.06. The summed E-state index contributed by atoms with van der Waals surface area (Å²) in [5, 5.41) is 9.76. The van der Waals surface area contributed by atoms with Crippen molar-refractivity contribution in [2.75, 3.05) is 0 Å². The molecule has 1 fully saturated rings. The summed E-state index contributed by atoms with van der Waals surface area (Å²) in [6.07, 6.45) is 4.92.